The maximum atomic E-state index is 5.18. The number of rotatable bonds is 6. The first-order valence-electron chi connectivity index (χ1n) is 21.7. The molecule has 0 amide bonds. The van der Waals surface area contributed by atoms with E-state index in [0.29, 0.717) is 17.5 Å². The molecule has 3 nitrogen and oxygen atoms in total. The zero-order valence-electron chi connectivity index (χ0n) is 35.0. The molecule has 0 fully saturated rings. The van der Waals surface area contributed by atoms with Gasteiger partial charge in [0.25, 0.3) is 0 Å². The van der Waals surface area contributed by atoms with Crippen LogP contribution in [0.3, 0.4) is 0 Å². The van der Waals surface area contributed by atoms with Crippen molar-refractivity contribution in [3.8, 4) is 78.7 Å². The lowest BCUT2D eigenvalue weighted by molar-refractivity contribution is 0.660. The summed E-state index contributed by atoms with van der Waals surface area (Å²) in [5, 5.41) is 7.45. The molecule has 1 heterocycles. The van der Waals surface area contributed by atoms with Crippen molar-refractivity contribution in [2.24, 2.45) is 0 Å². The topological polar surface area (TPSA) is 38.7 Å². The van der Waals surface area contributed by atoms with Gasteiger partial charge in [0.2, 0.25) is 0 Å². The molecular formula is C60H41N3. The van der Waals surface area contributed by atoms with Crippen LogP contribution in [0.4, 0.5) is 0 Å². The molecule has 0 radical (unpaired) electrons. The number of fused-ring (bicyclic) bond motifs is 7. The van der Waals surface area contributed by atoms with Gasteiger partial charge in [-0.2, -0.15) is 0 Å². The van der Waals surface area contributed by atoms with E-state index in [1.54, 1.807) is 0 Å². The highest BCUT2D eigenvalue weighted by Crippen LogP contribution is 2.49. The monoisotopic (exact) mass is 803 g/mol. The van der Waals surface area contributed by atoms with Crippen molar-refractivity contribution in [1.29, 1.82) is 0 Å². The lowest BCUT2D eigenvalue weighted by Gasteiger charge is -2.21. The minimum Gasteiger partial charge on any atom is -0.208 e. The molecule has 63 heavy (non-hydrogen) atoms. The molecule has 0 atom stereocenters. The lowest BCUT2D eigenvalue weighted by atomic mass is 9.82. The molecule has 0 bridgehead atoms. The van der Waals surface area contributed by atoms with Gasteiger partial charge in [-0.05, 0) is 106 Å². The van der Waals surface area contributed by atoms with E-state index in [0.717, 1.165) is 38.9 Å². The Morgan fingerprint density at radius 3 is 1.57 bits per heavy atom. The van der Waals surface area contributed by atoms with E-state index in [-0.39, 0.29) is 5.41 Å². The van der Waals surface area contributed by atoms with Gasteiger partial charge >= 0.3 is 0 Å². The maximum absolute atomic E-state index is 5.18. The standard InChI is InChI=1S/C60H41N3/c1-60(2)54-22-11-10-21-50(54)53-36-45(32-34-55(53)60)39-23-27-42(28-24-39)57-61-58(63-59(62-57)47-18-12-17-44(35-47)38-13-4-3-5-14-38)43-29-25-41(26-30-43)56-49-20-9-7-16-46(49)37-52-48-19-8-6-15-40(48)31-33-51(52)56/h3-37H,1-2H3. The van der Waals surface area contributed by atoms with Crippen LogP contribution in [0.5, 0.6) is 0 Å². The predicted molar refractivity (Wildman–Crippen MR) is 263 cm³/mol. The van der Waals surface area contributed by atoms with Crippen LogP contribution in [0.1, 0.15) is 25.0 Å². The van der Waals surface area contributed by atoms with E-state index in [1.165, 1.54) is 65.7 Å². The van der Waals surface area contributed by atoms with Crippen molar-refractivity contribution < 1.29 is 0 Å². The zero-order valence-corrected chi connectivity index (χ0v) is 35.0. The highest BCUT2D eigenvalue weighted by atomic mass is 15.0. The minimum atomic E-state index is -0.0248. The summed E-state index contributed by atoms with van der Waals surface area (Å²) in [5.41, 5.74) is 15.1. The third kappa shape index (κ3) is 6.23. The second kappa shape index (κ2) is 14.6. The van der Waals surface area contributed by atoms with E-state index in [4.69, 9.17) is 15.0 Å². The summed E-state index contributed by atoms with van der Waals surface area (Å²) >= 11 is 0. The third-order valence-corrected chi connectivity index (χ3v) is 13.1. The van der Waals surface area contributed by atoms with Crippen molar-refractivity contribution in [3.63, 3.8) is 0 Å². The van der Waals surface area contributed by atoms with E-state index < -0.39 is 0 Å². The molecule has 1 aliphatic carbocycles. The molecule has 0 spiro atoms. The summed E-state index contributed by atoms with van der Waals surface area (Å²) in [6, 6.07) is 76.3. The van der Waals surface area contributed by atoms with Crippen LogP contribution in [-0.2, 0) is 5.41 Å². The van der Waals surface area contributed by atoms with E-state index in [1.807, 2.05) is 6.07 Å². The fraction of sp³-hybridized carbons (Fsp3) is 0.0500. The van der Waals surface area contributed by atoms with Crippen LogP contribution in [0.15, 0.2) is 212 Å². The second-order valence-corrected chi connectivity index (χ2v) is 17.2. The van der Waals surface area contributed by atoms with Crippen LogP contribution in [-0.4, -0.2) is 15.0 Å². The molecule has 1 aliphatic rings. The summed E-state index contributed by atoms with van der Waals surface area (Å²) < 4.78 is 0. The molecular weight excluding hydrogens is 763 g/mol. The molecule has 0 saturated heterocycles. The van der Waals surface area contributed by atoms with Gasteiger partial charge in [-0.1, -0.05) is 208 Å². The van der Waals surface area contributed by atoms with Gasteiger partial charge in [0.05, 0.1) is 0 Å². The van der Waals surface area contributed by atoms with E-state index in [2.05, 4.69) is 220 Å². The first kappa shape index (κ1) is 36.8. The van der Waals surface area contributed by atoms with Gasteiger partial charge in [-0.25, -0.2) is 15.0 Å². The van der Waals surface area contributed by atoms with Gasteiger partial charge in [0.15, 0.2) is 17.5 Å². The zero-order chi connectivity index (χ0) is 42.1. The largest absolute Gasteiger partial charge is 0.208 e. The number of hydrogen-bond acceptors (Lipinski definition) is 3. The van der Waals surface area contributed by atoms with Crippen molar-refractivity contribution in [1.82, 2.24) is 15.0 Å². The van der Waals surface area contributed by atoms with Crippen LogP contribution in [0, 0.1) is 0 Å². The van der Waals surface area contributed by atoms with Crippen molar-refractivity contribution in [2.75, 3.05) is 0 Å². The number of nitrogens with zero attached hydrogens (tertiary/aromatic N) is 3. The van der Waals surface area contributed by atoms with Crippen molar-refractivity contribution >= 4 is 32.3 Å². The molecule has 0 N–H and O–H groups in total. The average molecular weight is 804 g/mol. The summed E-state index contributed by atoms with van der Waals surface area (Å²) in [4.78, 5) is 15.5. The molecule has 0 unspecified atom stereocenters. The molecule has 1 aromatic heterocycles. The summed E-state index contributed by atoms with van der Waals surface area (Å²) in [7, 11) is 0. The van der Waals surface area contributed by atoms with E-state index in [9.17, 15) is 0 Å². The number of aromatic nitrogens is 3. The van der Waals surface area contributed by atoms with Gasteiger partial charge in [0.1, 0.15) is 0 Å². The van der Waals surface area contributed by atoms with Crippen LogP contribution in [0.2, 0.25) is 0 Å². The highest BCUT2D eigenvalue weighted by molar-refractivity contribution is 6.20. The molecule has 0 saturated carbocycles. The minimum absolute atomic E-state index is 0.0248. The van der Waals surface area contributed by atoms with Gasteiger partial charge in [-0.15, -0.1) is 0 Å². The molecule has 296 valence electrons. The first-order valence-corrected chi connectivity index (χ1v) is 21.7. The Labute approximate surface area is 367 Å². The lowest BCUT2D eigenvalue weighted by Crippen LogP contribution is -2.14. The SMILES string of the molecule is CC1(C)c2ccccc2-c2cc(-c3ccc(-c4nc(-c5ccc(-c6c7ccccc7cc7c6ccc6ccccc67)cc5)nc(-c5cccc(-c6ccccc6)c5)n4)cc3)ccc21. The fourth-order valence-electron chi connectivity index (χ4n) is 9.86. The Morgan fingerprint density at radius 1 is 0.286 bits per heavy atom. The Balaban J connectivity index is 0.960. The number of hydrogen-bond donors (Lipinski definition) is 0. The smallest absolute Gasteiger partial charge is 0.164 e. The molecule has 12 rings (SSSR count). The van der Waals surface area contributed by atoms with Crippen LogP contribution >= 0.6 is 0 Å². The fourth-order valence-corrected chi connectivity index (χ4v) is 9.86. The Hall–Kier alpha value is -8.01. The number of benzene rings is 10. The third-order valence-electron chi connectivity index (χ3n) is 13.1. The van der Waals surface area contributed by atoms with Crippen LogP contribution < -0.4 is 0 Å². The van der Waals surface area contributed by atoms with E-state index >= 15 is 0 Å². The predicted octanol–water partition coefficient (Wildman–Crippen LogP) is 15.6. The van der Waals surface area contributed by atoms with Gasteiger partial charge in [-0.3, -0.25) is 0 Å². The average Bonchev–Trinajstić information content (AvgIpc) is 3.58. The van der Waals surface area contributed by atoms with Crippen molar-refractivity contribution in [2.45, 2.75) is 19.3 Å². The highest BCUT2D eigenvalue weighted by Gasteiger charge is 2.35. The summed E-state index contributed by atoms with van der Waals surface area (Å²) in [6.45, 7) is 4.65. The molecule has 10 aromatic carbocycles. The molecule has 3 heteroatoms. The van der Waals surface area contributed by atoms with Crippen LogP contribution in [0.25, 0.3) is 111 Å². The van der Waals surface area contributed by atoms with Crippen molar-refractivity contribution in [3.05, 3.63) is 223 Å². The Kier molecular flexibility index (Phi) is 8.52. The van der Waals surface area contributed by atoms with Gasteiger partial charge < -0.3 is 0 Å². The molecule has 11 aromatic rings. The second-order valence-electron chi connectivity index (χ2n) is 17.2. The normalized spacial score (nSPS) is 12.7. The molecule has 0 aliphatic heterocycles. The van der Waals surface area contributed by atoms with Gasteiger partial charge in [0, 0.05) is 22.1 Å². The Morgan fingerprint density at radius 2 is 0.810 bits per heavy atom. The quantitative estimate of drug-likeness (QED) is 0.124. The summed E-state index contributed by atoms with van der Waals surface area (Å²) in [6.07, 6.45) is 0. The summed E-state index contributed by atoms with van der Waals surface area (Å²) in [5.74, 6) is 1.89. The maximum Gasteiger partial charge on any atom is 0.164 e. The Bertz CT molecular complexity index is 3570. The first-order chi connectivity index (χ1) is 31.0.